The number of amides is 1. The molecule has 1 saturated heterocycles. The summed E-state index contributed by atoms with van der Waals surface area (Å²) in [5.41, 5.74) is 1.97. The quantitative estimate of drug-likeness (QED) is 0.530. The van der Waals surface area contributed by atoms with E-state index in [0.29, 0.717) is 18.8 Å². The first-order valence-corrected chi connectivity index (χ1v) is 10.9. The first kappa shape index (κ1) is 21.7. The molecule has 3 rings (SSSR count). The van der Waals surface area contributed by atoms with E-state index in [1.165, 1.54) is 16.4 Å². The van der Waals surface area contributed by atoms with Crippen LogP contribution in [-0.4, -0.2) is 43.2 Å². The summed E-state index contributed by atoms with van der Waals surface area (Å²) in [4.78, 5) is 22.8. The third-order valence-corrected chi connectivity index (χ3v) is 6.75. The smallest absolute Gasteiger partial charge is 0.312 e. The SMILES string of the molecule is Cc1ccc(C)c(NC(=O)COc2ccc(S(=O)(=O)N3CCCC3)cc2[N+](=O)[O-])c1. The normalized spacial score (nSPS) is 14.5. The Morgan fingerprint density at radius 1 is 1.17 bits per heavy atom. The Labute approximate surface area is 174 Å². The van der Waals surface area contributed by atoms with Gasteiger partial charge in [0, 0.05) is 24.8 Å². The average molecular weight is 433 g/mol. The number of hydrogen-bond donors (Lipinski definition) is 1. The highest BCUT2D eigenvalue weighted by atomic mass is 32.2. The molecule has 1 amide bonds. The Kier molecular flexibility index (Phi) is 6.37. The van der Waals surface area contributed by atoms with E-state index in [9.17, 15) is 23.3 Å². The van der Waals surface area contributed by atoms with Crippen LogP contribution in [0.1, 0.15) is 24.0 Å². The molecule has 0 atom stereocenters. The highest BCUT2D eigenvalue weighted by Crippen LogP contribution is 2.31. The fourth-order valence-corrected chi connectivity index (χ4v) is 4.74. The summed E-state index contributed by atoms with van der Waals surface area (Å²) in [6, 6.07) is 9.06. The van der Waals surface area contributed by atoms with E-state index in [4.69, 9.17) is 4.74 Å². The topological polar surface area (TPSA) is 119 Å². The molecule has 1 heterocycles. The van der Waals surface area contributed by atoms with Gasteiger partial charge in [-0.05, 0) is 56.0 Å². The second-order valence-corrected chi connectivity index (χ2v) is 9.09. The Hall–Kier alpha value is -2.98. The molecule has 1 fully saturated rings. The number of nitrogens with one attached hydrogen (secondary N) is 1. The molecule has 1 N–H and O–H groups in total. The van der Waals surface area contributed by atoms with Crippen molar-refractivity contribution in [1.82, 2.24) is 4.31 Å². The van der Waals surface area contributed by atoms with Gasteiger partial charge in [0.25, 0.3) is 5.91 Å². The molecule has 30 heavy (non-hydrogen) atoms. The number of hydrogen-bond acceptors (Lipinski definition) is 6. The van der Waals surface area contributed by atoms with Gasteiger partial charge in [0.2, 0.25) is 10.0 Å². The number of rotatable bonds is 7. The molecule has 2 aromatic carbocycles. The minimum absolute atomic E-state index is 0.164. The number of carbonyl (C=O) groups excluding carboxylic acids is 1. The number of aryl methyl sites for hydroxylation is 2. The van der Waals surface area contributed by atoms with Crippen molar-refractivity contribution in [2.75, 3.05) is 25.0 Å². The molecule has 0 aromatic heterocycles. The number of sulfonamides is 1. The van der Waals surface area contributed by atoms with Gasteiger partial charge < -0.3 is 10.1 Å². The van der Waals surface area contributed by atoms with E-state index >= 15 is 0 Å². The molecule has 0 unspecified atom stereocenters. The van der Waals surface area contributed by atoms with Crippen molar-refractivity contribution in [3.8, 4) is 5.75 Å². The summed E-state index contributed by atoms with van der Waals surface area (Å²) < 4.78 is 31.9. The Bertz CT molecular complexity index is 1080. The van der Waals surface area contributed by atoms with Crippen LogP contribution in [0.3, 0.4) is 0 Å². The van der Waals surface area contributed by atoms with Gasteiger partial charge in [-0.3, -0.25) is 14.9 Å². The van der Waals surface area contributed by atoms with Crippen molar-refractivity contribution < 1.29 is 22.9 Å². The van der Waals surface area contributed by atoms with E-state index in [1.54, 1.807) is 0 Å². The molecule has 1 aliphatic heterocycles. The van der Waals surface area contributed by atoms with Crippen molar-refractivity contribution in [1.29, 1.82) is 0 Å². The third kappa shape index (κ3) is 4.77. The second kappa shape index (κ2) is 8.80. The minimum atomic E-state index is -3.80. The predicted molar refractivity (Wildman–Crippen MR) is 111 cm³/mol. The molecule has 0 spiro atoms. The van der Waals surface area contributed by atoms with Crippen LogP contribution in [0.25, 0.3) is 0 Å². The first-order chi connectivity index (χ1) is 14.2. The fraction of sp³-hybridized carbons (Fsp3) is 0.350. The molecule has 9 nitrogen and oxygen atoms in total. The van der Waals surface area contributed by atoms with Gasteiger partial charge in [-0.1, -0.05) is 12.1 Å². The number of benzene rings is 2. The molecule has 0 radical (unpaired) electrons. The summed E-state index contributed by atoms with van der Waals surface area (Å²) in [5, 5.41) is 14.2. The molecule has 0 aliphatic carbocycles. The van der Waals surface area contributed by atoms with E-state index < -0.39 is 33.1 Å². The Morgan fingerprint density at radius 3 is 2.53 bits per heavy atom. The van der Waals surface area contributed by atoms with Gasteiger partial charge in [0.05, 0.1) is 9.82 Å². The summed E-state index contributed by atoms with van der Waals surface area (Å²) >= 11 is 0. The summed E-state index contributed by atoms with van der Waals surface area (Å²) in [7, 11) is -3.80. The average Bonchev–Trinajstić information content (AvgIpc) is 3.24. The van der Waals surface area contributed by atoms with E-state index in [-0.39, 0.29) is 10.6 Å². The van der Waals surface area contributed by atoms with Crippen LogP contribution in [0.15, 0.2) is 41.3 Å². The lowest BCUT2D eigenvalue weighted by Gasteiger charge is -2.16. The number of nitro groups is 1. The summed E-state index contributed by atoms with van der Waals surface area (Å²) in [6.07, 6.45) is 1.52. The molecule has 2 aromatic rings. The lowest BCUT2D eigenvalue weighted by molar-refractivity contribution is -0.386. The fourth-order valence-electron chi connectivity index (χ4n) is 3.20. The van der Waals surface area contributed by atoms with Gasteiger partial charge >= 0.3 is 5.69 Å². The molecule has 160 valence electrons. The number of anilines is 1. The predicted octanol–water partition coefficient (Wildman–Crippen LogP) is 3.01. The zero-order valence-corrected chi connectivity index (χ0v) is 17.6. The standard InChI is InChI=1S/C20H23N3O6S/c1-14-5-6-15(2)17(11-14)21-20(24)13-29-19-8-7-16(12-18(19)23(25)26)30(27,28)22-9-3-4-10-22/h5-8,11-12H,3-4,9-10,13H2,1-2H3,(H,21,24). The number of nitro benzene ring substituents is 1. The zero-order valence-electron chi connectivity index (χ0n) is 16.8. The highest BCUT2D eigenvalue weighted by Gasteiger charge is 2.30. The Balaban J connectivity index is 1.75. The van der Waals surface area contributed by atoms with Gasteiger partial charge in [-0.2, -0.15) is 4.31 Å². The lowest BCUT2D eigenvalue weighted by atomic mass is 10.1. The maximum Gasteiger partial charge on any atom is 0.312 e. The molecule has 1 aliphatic rings. The van der Waals surface area contributed by atoms with E-state index in [0.717, 1.165) is 30.0 Å². The van der Waals surface area contributed by atoms with Crippen LogP contribution in [0, 0.1) is 24.0 Å². The monoisotopic (exact) mass is 433 g/mol. The van der Waals surface area contributed by atoms with Gasteiger partial charge in [0.1, 0.15) is 0 Å². The highest BCUT2D eigenvalue weighted by molar-refractivity contribution is 7.89. The second-order valence-electron chi connectivity index (χ2n) is 7.15. The largest absolute Gasteiger partial charge is 0.477 e. The van der Waals surface area contributed by atoms with E-state index in [1.807, 2.05) is 32.0 Å². The lowest BCUT2D eigenvalue weighted by Crippen LogP contribution is -2.28. The molecule has 10 heteroatoms. The van der Waals surface area contributed by atoms with Crippen LogP contribution in [-0.2, 0) is 14.8 Å². The van der Waals surface area contributed by atoms with Crippen LogP contribution in [0.5, 0.6) is 5.75 Å². The first-order valence-electron chi connectivity index (χ1n) is 9.47. The van der Waals surface area contributed by atoms with Gasteiger partial charge in [-0.15, -0.1) is 0 Å². The number of carbonyl (C=O) groups is 1. The van der Waals surface area contributed by atoms with Crippen molar-refractivity contribution in [3.05, 3.63) is 57.6 Å². The minimum Gasteiger partial charge on any atom is -0.477 e. The third-order valence-electron chi connectivity index (χ3n) is 4.86. The summed E-state index contributed by atoms with van der Waals surface area (Å²) in [5.74, 6) is -0.650. The molecule has 0 saturated carbocycles. The number of nitrogens with zero attached hydrogens (tertiary/aromatic N) is 2. The van der Waals surface area contributed by atoms with Crippen molar-refractivity contribution in [2.45, 2.75) is 31.6 Å². The summed E-state index contributed by atoms with van der Waals surface area (Å²) in [6.45, 7) is 4.08. The maximum atomic E-state index is 12.6. The zero-order chi connectivity index (χ0) is 21.9. The van der Waals surface area contributed by atoms with Crippen molar-refractivity contribution in [2.24, 2.45) is 0 Å². The van der Waals surface area contributed by atoms with E-state index in [2.05, 4.69) is 5.32 Å². The van der Waals surface area contributed by atoms with Crippen LogP contribution < -0.4 is 10.1 Å². The van der Waals surface area contributed by atoms with Crippen molar-refractivity contribution in [3.63, 3.8) is 0 Å². The van der Waals surface area contributed by atoms with Crippen LogP contribution >= 0.6 is 0 Å². The molecule has 0 bridgehead atoms. The molecular weight excluding hydrogens is 410 g/mol. The Morgan fingerprint density at radius 2 is 1.87 bits per heavy atom. The van der Waals surface area contributed by atoms with Crippen LogP contribution in [0.4, 0.5) is 11.4 Å². The maximum absolute atomic E-state index is 12.6. The van der Waals surface area contributed by atoms with Crippen molar-refractivity contribution >= 4 is 27.3 Å². The van der Waals surface area contributed by atoms with Crippen LogP contribution in [0.2, 0.25) is 0 Å². The number of ether oxygens (including phenoxy) is 1. The molecular formula is C20H23N3O6S. The van der Waals surface area contributed by atoms with Gasteiger partial charge in [0.15, 0.2) is 12.4 Å². The van der Waals surface area contributed by atoms with Gasteiger partial charge in [-0.25, -0.2) is 8.42 Å².